The monoisotopic (exact) mass is 346 g/mol. The van der Waals surface area contributed by atoms with E-state index in [0.29, 0.717) is 24.7 Å². The van der Waals surface area contributed by atoms with E-state index in [1.807, 2.05) is 35.2 Å². The molecule has 4 rings (SSSR count). The molecule has 26 heavy (non-hydrogen) atoms. The Labute approximate surface area is 150 Å². The summed E-state index contributed by atoms with van der Waals surface area (Å²) < 4.78 is 7.40. The van der Waals surface area contributed by atoms with E-state index in [4.69, 9.17) is 4.52 Å². The minimum atomic E-state index is 0.552. The summed E-state index contributed by atoms with van der Waals surface area (Å²) in [5.41, 5.74) is 2.90. The van der Waals surface area contributed by atoms with Gasteiger partial charge in [-0.2, -0.15) is 4.98 Å². The zero-order valence-electron chi connectivity index (χ0n) is 14.4. The van der Waals surface area contributed by atoms with Crippen LogP contribution in [-0.2, 0) is 19.4 Å². The molecule has 0 aliphatic rings. The van der Waals surface area contributed by atoms with Crippen molar-refractivity contribution < 1.29 is 4.52 Å². The van der Waals surface area contributed by atoms with Gasteiger partial charge >= 0.3 is 0 Å². The maximum Gasteiger partial charge on any atom is 0.228 e. The van der Waals surface area contributed by atoms with E-state index in [1.165, 1.54) is 5.56 Å². The second kappa shape index (κ2) is 7.26. The first-order valence-corrected chi connectivity index (χ1v) is 8.53. The maximum absolute atomic E-state index is 5.35. The molecule has 0 atom stereocenters. The van der Waals surface area contributed by atoms with Crippen LogP contribution in [0.5, 0.6) is 0 Å². The van der Waals surface area contributed by atoms with Gasteiger partial charge < -0.3 is 9.09 Å². The molecule has 0 fully saturated rings. The van der Waals surface area contributed by atoms with Crippen molar-refractivity contribution >= 4 is 0 Å². The Morgan fingerprint density at radius 1 is 1.08 bits per heavy atom. The number of pyridine rings is 2. The summed E-state index contributed by atoms with van der Waals surface area (Å²) in [7, 11) is 0. The Bertz CT molecular complexity index is 975. The molecule has 0 aliphatic carbocycles. The molecule has 130 valence electrons. The fourth-order valence-corrected chi connectivity index (χ4v) is 2.67. The van der Waals surface area contributed by atoms with Crippen LogP contribution < -0.4 is 0 Å². The minimum Gasteiger partial charge on any atom is -0.339 e. The molecule has 7 nitrogen and oxygen atoms in total. The largest absolute Gasteiger partial charge is 0.339 e. The highest BCUT2D eigenvalue weighted by Crippen LogP contribution is 2.17. The Kier molecular flexibility index (Phi) is 4.51. The number of imidazole rings is 1. The average molecular weight is 346 g/mol. The quantitative estimate of drug-likeness (QED) is 0.533. The summed E-state index contributed by atoms with van der Waals surface area (Å²) in [4.78, 5) is 17.5. The predicted molar refractivity (Wildman–Crippen MR) is 96.1 cm³/mol. The number of aromatic nitrogens is 6. The van der Waals surface area contributed by atoms with Gasteiger partial charge in [-0.15, -0.1) is 0 Å². The molecule has 4 aromatic rings. The Morgan fingerprint density at radius 2 is 2.04 bits per heavy atom. The normalized spacial score (nSPS) is 11.0. The van der Waals surface area contributed by atoms with Crippen LogP contribution in [-0.4, -0.2) is 29.7 Å². The molecule has 0 amide bonds. The van der Waals surface area contributed by atoms with E-state index in [-0.39, 0.29) is 0 Å². The van der Waals surface area contributed by atoms with Crippen LogP contribution in [0, 0.1) is 0 Å². The molecule has 7 heteroatoms. The summed E-state index contributed by atoms with van der Waals surface area (Å²) in [6, 6.07) is 7.84. The molecule has 4 aromatic heterocycles. The third-order valence-electron chi connectivity index (χ3n) is 4.13. The van der Waals surface area contributed by atoms with Gasteiger partial charge in [-0.05, 0) is 30.2 Å². The lowest BCUT2D eigenvalue weighted by molar-refractivity contribution is 0.372. The van der Waals surface area contributed by atoms with E-state index < -0.39 is 0 Å². The lowest BCUT2D eigenvalue weighted by atomic mass is 10.2. The number of nitrogens with zero attached hydrogens (tertiary/aromatic N) is 6. The second-order valence-electron chi connectivity index (χ2n) is 5.85. The van der Waals surface area contributed by atoms with E-state index in [1.54, 1.807) is 18.6 Å². The van der Waals surface area contributed by atoms with Crippen molar-refractivity contribution in [2.75, 3.05) is 0 Å². The average Bonchev–Trinajstić information content (AvgIpc) is 3.36. The van der Waals surface area contributed by atoms with Gasteiger partial charge in [0.2, 0.25) is 11.7 Å². The third kappa shape index (κ3) is 3.37. The molecule has 0 unspecified atom stereocenters. The van der Waals surface area contributed by atoms with Gasteiger partial charge in [0, 0.05) is 49.5 Å². The highest BCUT2D eigenvalue weighted by Gasteiger charge is 2.11. The van der Waals surface area contributed by atoms with Crippen LogP contribution in [0.3, 0.4) is 0 Å². The number of aryl methyl sites for hydroxylation is 3. The van der Waals surface area contributed by atoms with Crippen LogP contribution >= 0.6 is 0 Å². The fraction of sp³-hybridized carbons (Fsp3) is 0.211. The Hall–Kier alpha value is -3.35. The molecule has 0 N–H and O–H groups in total. The van der Waals surface area contributed by atoms with Gasteiger partial charge in [-0.25, -0.2) is 4.98 Å². The lowest BCUT2D eigenvalue weighted by Gasteiger charge is -2.06. The molecule has 0 spiro atoms. The van der Waals surface area contributed by atoms with Gasteiger partial charge in [-0.1, -0.05) is 18.1 Å². The van der Waals surface area contributed by atoms with Crippen molar-refractivity contribution in [3.63, 3.8) is 0 Å². The highest BCUT2D eigenvalue weighted by atomic mass is 16.5. The second-order valence-corrected chi connectivity index (χ2v) is 5.85. The standard InChI is InChI=1S/C19H18N6O/c1-2-14-5-6-16(22-12-14)19-21-9-11-25(19)10-7-17-23-18(24-26-17)15-4-3-8-20-13-15/h3-6,8-9,11-13H,2,7,10H2,1H3. The highest BCUT2D eigenvalue weighted by molar-refractivity contribution is 5.52. The van der Waals surface area contributed by atoms with Crippen molar-refractivity contribution in [3.8, 4) is 22.9 Å². The molecule has 4 heterocycles. The molecule has 0 radical (unpaired) electrons. The van der Waals surface area contributed by atoms with Crippen LogP contribution in [0.4, 0.5) is 0 Å². The summed E-state index contributed by atoms with van der Waals surface area (Å²) >= 11 is 0. The molecule has 0 aliphatic heterocycles. The number of rotatable bonds is 6. The van der Waals surface area contributed by atoms with E-state index >= 15 is 0 Å². The number of hydrogen-bond acceptors (Lipinski definition) is 6. The van der Waals surface area contributed by atoms with Gasteiger partial charge in [0.25, 0.3) is 0 Å². The lowest BCUT2D eigenvalue weighted by Crippen LogP contribution is -2.04. The fourth-order valence-electron chi connectivity index (χ4n) is 2.67. The predicted octanol–water partition coefficient (Wildman–Crippen LogP) is 3.20. The molecule has 0 aromatic carbocycles. The van der Waals surface area contributed by atoms with Crippen LogP contribution in [0.15, 0.2) is 59.8 Å². The molecule has 0 bridgehead atoms. The number of hydrogen-bond donors (Lipinski definition) is 0. The Morgan fingerprint density at radius 3 is 2.81 bits per heavy atom. The smallest absolute Gasteiger partial charge is 0.228 e. The van der Waals surface area contributed by atoms with Crippen LogP contribution in [0.2, 0.25) is 0 Å². The summed E-state index contributed by atoms with van der Waals surface area (Å²) in [6.45, 7) is 2.79. The van der Waals surface area contributed by atoms with Crippen molar-refractivity contribution in [1.29, 1.82) is 0 Å². The van der Waals surface area contributed by atoms with Crippen LogP contribution in [0.25, 0.3) is 22.9 Å². The first-order chi connectivity index (χ1) is 12.8. The topological polar surface area (TPSA) is 82.5 Å². The SMILES string of the molecule is CCc1ccc(-c2nccn2CCc2nc(-c3cccnc3)no2)nc1. The van der Waals surface area contributed by atoms with Crippen molar-refractivity contribution in [2.24, 2.45) is 0 Å². The van der Waals surface area contributed by atoms with Crippen molar-refractivity contribution in [2.45, 2.75) is 26.3 Å². The van der Waals surface area contributed by atoms with Gasteiger partial charge in [0.05, 0.1) is 0 Å². The van der Waals surface area contributed by atoms with Crippen LogP contribution in [0.1, 0.15) is 18.4 Å². The van der Waals surface area contributed by atoms with E-state index in [0.717, 1.165) is 23.5 Å². The molecule has 0 saturated heterocycles. The molecule has 0 saturated carbocycles. The minimum absolute atomic E-state index is 0.552. The first-order valence-electron chi connectivity index (χ1n) is 8.53. The van der Waals surface area contributed by atoms with Crippen molar-refractivity contribution in [1.82, 2.24) is 29.7 Å². The Balaban J connectivity index is 1.47. The zero-order valence-corrected chi connectivity index (χ0v) is 14.4. The summed E-state index contributed by atoms with van der Waals surface area (Å²) in [5.74, 6) is 1.97. The van der Waals surface area contributed by atoms with Gasteiger partial charge in [0.15, 0.2) is 5.82 Å². The van der Waals surface area contributed by atoms with E-state index in [9.17, 15) is 0 Å². The molecular formula is C19H18N6O. The van der Waals surface area contributed by atoms with Gasteiger partial charge in [-0.3, -0.25) is 9.97 Å². The summed E-state index contributed by atoms with van der Waals surface area (Å²) in [6.07, 6.45) is 10.6. The van der Waals surface area contributed by atoms with E-state index in [2.05, 4.69) is 38.1 Å². The third-order valence-corrected chi connectivity index (χ3v) is 4.13. The first kappa shape index (κ1) is 16.1. The molecular weight excluding hydrogens is 328 g/mol. The summed E-state index contributed by atoms with van der Waals surface area (Å²) in [5, 5.41) is 4.02. The van der Waals surface area contributed by atoms with Crippen molar-refractivity contribution in [3.05, 3.63) is 66.7 Å². The van der Waals surface area contributed by atoms with Gasteiger partial charge in [0.1, 0.15) is 5.69 Å². The maximum atomic E-state index is 5.35. The zero-order chi connectivity index (χ0) is 17.8.